The smallest absolute Gasteiger partial charge is 0.251 e. The lowest BCUT2D eigenvalue weighted by Crippen LogP contribution is -2.44. The Balaban J connectivity index is 1.40. The molecule has 1 aromatic heterocycles. The number of H-pyrrole nitrogens is 1. The lowest BCUT2D eigenvalue weighted by atomic mass is 9.78. The summed E-state index contributed by atoms with van der Waals surface area (Å²) in [6.07, 6.45) is 3.78. The van der Waals surface area contributed by atoms with Crippen LogP contribution in [0.25, 0.3) is 0 Å². The van der Waals surface area contributed by atoms with E-state index >= 15 is 0 Å². The molecule has 5 heteroatoms. The van der Waals surface area contributed by atoms with Crippen molar-refractivity contribution in [3.05, 3.63) is 99.2 Å². The van der Waals surface area contributed by atoms with Gasteiger partial charge in [0.15, 0.2) is 0 Å². The van der Waals surface area contributed by atoms with E-state index in [1.54, 1.807) is 6.07 Å². The molecule has 1 aliphatic rings. The number of carbonyl (C=O) groups excluding carboxylic acids is 1. The third-order valence-corrected chi connectivity index (χ3v) is 5.37. The fraction of sp³-hybridized carbons (Fsp3) is 0.261. The Morgan fingerprint density at radius 3 is 2.64 bits per heavy atom. The predicted molar refractivity (Wildman–Crippen MR) is 109 cm³/mol. The average molecular weight is 373 g/mol. The monoisotopic (exact) mass is 373 g/mol. The molecular weight excluding hydrogens is 350 g/mol. The van der Waals surface area contributed by atoms with Gasteiger partial charge in [-0.15, -0.1) is 0 Å². The van der Waals surface area contributed by atoms with Crippen molar-refractivity contribution >= 4 is 5.91 Å². The van der Waals surface area contributed by atoms with Gasteiger partial charge in [0.2, 0.25) is 0 Å². The maximum absolute atomic E-state index is 12.8. The molecular formula is C23H23N3O2. The summed E-state index contributed by atoms with van der Waals surface area (Å²) in [5, 5.41) is 3.13. The molecule has 1 aliphatic carbocycles. The highest BCUT2D eigenvalue weighted by molar-refractivity contribution is 5.96. The van der Waals surface area contributed by atoms with Crippen LogP contribution in [0.2, 0.25) is 0 Å². The standard InChI is InChI=1S/C23H23N3O2/c1-15-6-8-16(9-7-15)10-17-4-2-3-5-20(17)23(28)26-19-11-18(12-19)21-13-22(27)25-14-24-21/h2-9,13-14,18-19H,10-12H2,1H3,(H,26,28)(H,24,25,27). The molecule has 4 rings (SSSR count). The number of rotatable bonds is 5. The molecule has 1 amide bonds. The molecule has 2 N–H and O–H groups in total. The number of aromatic amines is 1. The number of nitrogens with zero attached hydrogens (tertiary/aromatic N) is 1. The summed E-state index contributed by atoms with van der Waals surface area (Å²) in [5.41, 5.74) is 4.83. The van der Waals surface area contributed by atoms with Crippen LogP contribution in [-0.2, 0) is 6.42 Å². The van der Waals surface area contributed by atoms with E-state index in [4.69, 9.17) is 0 Å². The zero-order valence-corrected chi connectivity index (χ0v) is 15.8. The molecule has 1 saturated carbocycles. The van der Waals surface area contributed by atoms with Crippen molar-refractivity contribution in [3.8, 4) is 0 Å². The Kier molecular flexibility index (Phi) is 5.06. The van der Waals surface area contributed by atoms with Crippen molar-refractivity contribution in [2.45, 2.75) is 38.1 Å². The molecule has 0 saturated heterocycles. The van der Waals surface area contributed by atoms with Crippen LogP contribution in [0, 0.1) is 6.92 Å². The molecule has 0 bridgehead atoms. The highest BCUT2D eigenvalue weighted by Gasteiger charge is 2.32. The van der Waals surface area contributed by atoms with E-state index < -0.39 is 0 Å². The van der Waals surface area contributed by atoms with Gasteiger partial charge in [-0.2, -0.15) is 0 Å². The number of carbonyl (C=O) groups is 1. The van der Waals surface area contributed by atoms with Crippen LogP contribution in [-0.4, -0.2) is 21.9 Å². The predicted octanol–water partition coefficient (Wildman–Crippen LogP) is 3.35. The van der Waals surface area contributed by atoms with E-state index in [9.17, 15) is 9.59 Å². The van der Waals surface area contributed by atoms with E-state index in [0.717, 1.165) is 36.1 Å². The molecule has 28 heavy (non-hydrogen) atoms. The second-order valence-electron chi connectivity index (χ2n) is 7.49. The molecule has 2 aromatic carbocycles. The molecule has 142 valence electrons. The minimum absolute atomic E-state index is 0.0370. The summed E-state index contributed by atoms with van der Waals surface area (Å²) < 4.78 is 0. The van der Waals surface area contributed by atoms with Gasteiger partial charge in [-0.3, -0.25) is 9.59 Å². The van der Waals surface area contributed by atoms with Crippen molar-refractivity contribution in [1.29, 1.82) is 0 Å². The van der Waals surface area contributed by atoms with Crippen molar-refractivity contribution in [2.24, 2.45) is 0 Å². The van der Waals surface area contributed by atoms with Crippen molar-refractivity contribution in [2.75, 3.05) is 0 Å². The third kappa shape index (κ3) is 4.03. The lowest BCUT2D eigenvalue weighted by Gasteiger charge is -2.35. The number of aryl methyl sites for hydroxylation is 1. The number of hydrogen-bond acceptors (Lipinski definition) is 3. The van der Waals surface area contributed by atoms with E-state index in [2.05, 4.69) is 46.5 Å². The Hall–Kier alpha value is -3.21. The second-order valence-corrected chi connectivity index (χ2v) is 7.49. The van der Waals surface area contributed by atoms with Gasteiger partial charge in [-0.1, -0.05) is 48.0 Å². The van der Waals surface area contributed by atoms with E-state index in [-0.39, 0.29) is 23.4 Å². The van der Waals surface area contributed by atoms with Crippen LogP contribution in [0.3, 0.4) is 0 Å². The highest BCUT2D eigenvalue weighted by Crippen LogP contribution is 2.35. The largest absolute Gasteiger partial charge is 0.349 e. The maximum atomic E-state index is 12.8. The van der Waals surface area contributed by atoms with Crippen LogP contribution < -0.4 is 10.9 Å². The molecule has 3 aromatic rings. The van der Waals surface area contributed by atoms with Crippen LogP contribution >= 0.6 is 0 Å². The summed E-state index contributed by atoms with van der Waals surface area (Å²) in [6.45, 7) is 2.07. The molecule has 0 unspecified atom stereocenters. The van der Waals surface area contributed by atoms with Crippen molar-refractivity contribution in [3.63, 3.8) is 0 Å². The topological polar surface area (TPSA) is 74.8 Å². The van der Waals surface area contributed by atoms with Crippen LogP contribution in [0.5, 0.6) is 0 Å². The number of aromatic nitrogens is 2. The second kappa shape index (κ2) is 7.80. The Bertz CT molecular complexity index is 1030. The quantitative estimate of drug-likeness (QED) is 0.720. The van der Waals surface area contributed by atoms with Crippen LogP contribution in [0.15, 0.2) is 65.7 Å². The fourth-order valence-corrected chi connectivity index (χ4v) is 3.67. The fourth-order valence-electron chi connectivity index (χ4n) is 3.67. The van der Waals surface area contributed by atoms with Gasteiger partial charge in [0.1, 0.15) is 0 Å². The minimum Gasteiger partial charge on any atom is -0.349 e. The number of nitrogens with one attached hydrogen (secondary N) is 2. The van der Waals surface area contributed by atoms with Gasteiger partial charge in [-0.05, 0) is 43.4 Å². The normalized spacial score (nSPS) is 18.3. The average Bonchev–Trinajstić information content (AvgIpc) is 2.66. The van der Waals surface area contributed by atoms with Crippen molar-refractivity contribution in [1.82, 2.24) is 15.3 Å². The zero-order chi connectivity index (χ0) is 19.5. The van der Waals surface area contributed by atoms with Gasteiger partial charge in [-0.25, -0.2) is 4.98 Å². The van der Waals surface area contributed by atoms with Gasteiger partial charge >= 0.3 is 0 Å². The summed E-state index contributed by atoms with van der Waals surface area (Å²) in [7, 11) is 0. The van der Waals surface area contributed by atoms with Gasteiger partial charge < -0.3 is 10.3 Å². The Labute approximate surface area is 163 Å². The summed E-state index contributed by atoms with van der Waals surface area (Å²) >= 11 is 0. The molecule has 0 radical (unpaired) electrons. The SMILES string of the molecule is Cc1ccc(Cc2ccccc2C(=O)NC2CC(c3cc(=O)[nH]cn3)C2)cc1. The molecule has 5 nitrogen and oxygen atoms in total. The van der Waals surface area contributed by atoms with E-state index in [0.29, 0.717) is 0 Å². The first-order valence-electron chi connectivity index (χ1n) is 9.57. The first-order valence-corrected chi connectivity index (χ1v) is 9.57. The maximum Gasteiger partial charge on any atom is 0.251 e. The highest BCUT2D eigenvalue weighted by atomic mass is 16.1. The van der Waals surface area contributed by atoms with Gasteiger partial charge in [0.05, 0.1) is 12.0 Å². The third-order valence-electron chi connectivity index (χ3n) is 5.37. The zero-order valence-electron chi connectivity index (χ0n) is 15.8. The van der Waals surface area contributed by atoms with Crippen LogP contribution in [0.1, 0.15) is 51.5 Å². The number of hydrogen-bond donors (Lipinski definition) is 2. The Morgan fingerprint density at radius 1 is 1.14 bits per heavy atom. The first-order chi connectivity index (χ1) is 13.6. The van der Waals surface area contributed by atoms with Crippen molar-refractivity contribution < 1.29 is 4.79 Å². The lowest BCUT2D eigenvalue weighted by molar-refractivity contribution is 0.0907. The molecule has 1 heterocycles. The van der Waals surface area contributed by atoms with E-state index in [1.807, 2.05) is 24.3 Å². The molecule has 0 atom stereocenters. The minimum atomic E-state index is -0.137. The summed E-state index contributed by atoms with van der Waals surface area (Å²) in [6, 6.07) is 17.8. The molecule has 0 spiro atoms. The summed E-state index contributed by atoms with van der Waals surface area (Å²) in [5.74, 6) is 0.195. The number of benzene rings is 2. The van der Waals surface area contributed by atoms with Gasteiger partial charge in [0, 0.05) is 23.6 Å². The number of amides is 1. The Morgan fingerprint density at radius 2 is 1.89 bits per heavy atom. The van der Waals surface area contributed by atoms with Crippen LogP contribution in [0.4, 0.5) is 0 Å². The molecule has 1 fully saturated rings. The first kappa shape index (κ1) is 18.2. The van der Waals surface area contributed by atoms with Gasteiger partial charge in [0.25, 0.3) is 11.5 Å². The van der Waals surface area contributed by atoms with E-state index in [1.165, 1.54) is 17.5 Å². The molecule has 0 aliphatic heterocycles. The summed E-state index contributed by atoms with van der Waals surface area (Å²) in [4.78, 5) is 31.0.